The third-order valence-electron chi connectivity index (χ3n) is 3.82. The normalized spacial score (nSPS) is 16.3. The van der Waals surface area contributed by atoms with Gasteiger partial charge in [0.25, 0.3) is 5.91 Å². The highest BCUT2D eigenvalue weighted by atomic mass is 79.9. The second kappa shape index (κ2) is 6.94. The predicted molar refractivity (Wildman–Crippen MR) is 82.1 cm³/mol. The van der Waals surface area contributed by atoms with Crippen LogP contribution in [0.2, 0.25) is 0 Å². The first kappa shape index (κ1) is 14.4. The van der Waals surface area contributed by atoms with Crippen LogP contribution < -0.4 is 11.1 Å². The number of amides is 1. The fraction of sp³-hybridized carbons (Fsp3) is 0.533. The number of hydrogen-bond acceptors (Lipinski definition) is 2. The van der Waals surface area contributed by atoms with E-state index in [1.165, 1.54) is 32.1 Å². The highest BCUT2D eigenvalue weighted by Crippen LogP contribution is 2.25. The minimum Gasteiger partial charge on any atom is -0.398 e. The van der Waals surface area contributed by atoms with Gasteiger partial charge in [-0.1, -0.05) is 48.0 Å². The molecule has 2 rings (SSSR count). The lowest BCUT2D eigenvalue weighted by Gasteiger charge is -2.21. The van der Waals surface area contributed by atoms with Crippen LogP contribution >= 0.6 is 15.9 Å². The fourth-order valence-electron chi connectivity index (χ4n) is 2.70. The standard InChI is InChI=1S/C15H21BrN2O/c16-12-6-7-13(14(17)10-12)15(19)18-9-8-11-4-2-1-3-5-11/h6-7,10-11H,1-5,8-9,17H2,(H,18,19). The van der Waals surface area contributed by atoms with E-state index in [4.69, 9.17) is 5.73 Å². The highest BCUT2D eigenvalue weighted by Gasteiger charge is 2.14. The van der Waals surface area contributed by atoms with E-state index in [1.54, 1.807) is 12.1 Å². The molecular weight excluding hydrogens is 304 g/mol. The molecule has 0 bridgehead atoms. The van der Waals surface area contributed by atoms with Crippen molar-refractivity contribution in [3.05, 3.63) is 28.2 Å². The fourth-order valence-corrected chi connectivity index (χ4v) is 3.08. The zero-order valence-electron chi connectivity index (χ0n) is 11.1. The van der Waals surface area contributed by atoms with Crippen LogP contribution in [0.15, 0.2) is 22.7 Å². The molecule has 0 heterocycles. The maximum atomic E-state index is 12.0. The van der Waals surface area contributed by atoms with Gasteiger partial charge in [-0.15, -0.1) is 0 Å². The molecule has 0 aliphatic heterocycles. The quantitative estimate of drug-likeness (QED) is 0.829. The summed E-state index contributed by atoms with van der Waals surface area (Å²) in [4.78, 5) is 12.0. The van der Waals surface area contributed by atoms with Gasteiger partial charge >= 0.3 is 0 Å². The largest absolute Gasteiger partial charge is 0.398 e. The summed E-state index contributed by atoms with van der Waals surface area (Å²) in [5.74, 6) is 0.720. The third-order valence-corrected chi connectivity index (χ3v) is 4.31. The van der Waals surface area contributed by atoms with Gasteiger partial charge in [0.1, 0.15) is 0 Å². The summed E-state index contributed by atoms with van der Waals surface area (Å²) in [6.07, 6.45) is 7.78. The molecular formula is C15H21BrN2O. The molecule has 0 spiro atoms. The van der Waals surface area contributed by atoms with E-state index in [0.29, 0.717) is 11.3 Å². The van der Waals surface area contributed by atoms with E-state index in [1.807, 2.05) is 6.07 Å². The Labute approximate surface area is 123 Å². The average molecular weight is 325 g/mol. The number of halogens is 1. The van der Waals surface area contributed by atoms with Gasteiger partial charge in [-0.3, -0.25) is 4.79 Å². The number of nitrogens with two attached hydrogens (primary N) is 1. The Hall–Kier alpha value is -1.03. The lowest BCUT2D eigenvalue weighted by atomic mass is 9.87. The summed E-state index contributed by atoms with van der Waals surface area (Å²) >= 11 is 3.34. The molecule has 1 saturated carbocycles. The molecule has 19 heavy (non-hydrogen) atoms. The van der Waals surface area contributed by atoms with Crippen LogP contribution in [0.5, 0.6) is 0 Å². The van der Waals surface area contributed by atoms with Gasteiger partial charge in [0, 0.05) is 16.7 Å². The lowest BCUT2D eigenvalue weighted by molar-refractivity contribution is 0.0951. The minimum absolute atomic E-state index is 0.0687. The molecule has 1 aromatic carbocycles. The number of anilines is 1. The summed E-state index contributed by atoms with van der Waals surface area (Å²) < 4.78 is 0.892. The molecule has 0 aromatic heterocycles. The van der Waals surface area contributed by atoms with Crippen LogP contribution in [-0.2, 0) is 0 Å². The molecule has 1 fully saturated rings. The minimum atomic E-state index is -0.0687. The first-order chi connectivity index (χ1) is 9.16. The second-order valence-electron chi connectivity index (χ2n) is 5.28. The number of nitrogen functional groups attached to an aromatic ring is 1. The van der Waals surface area contributed by atoms with Gasteiger partial charge in [0.2, 0.25) is 0 Å². The van der Waals surface area contributed by atoms with Crippen LogP contribution in [0.3, 0.4) is 0 Å². The molecule has 0 saturated heterocycles. The van der Waals surface area contributed by atoms with Gasteiger partial charge in [-0.05, 0) is 30.5 Å². The van der Waals surface area contributed by atoms with Crippen molar-refractivity contribution < 1.29 is 4.79 Å². The van der Waals surface area contributed by atoms with Crippen LogP contribution in [0.1, 0.15) is 48.9 Å². The second-order valence-corrected chi connectivity index (χ2v) is 6.20. The number of rotatable bonds is 4. The Morgan fingerprint density at radius 3 is 2.74 bits per heavy atom. The molecule has 1 aliphatic rings. The van der Waals surface area contributed by atoms with E-state index in [0.717, 1.165) is 23.4 Å². The Morgan fingerprint density at radius 2 is 2.05 bits per heavy atom. The van der Waals surface area contributed by atoms with Crippen molar-refractivity contribution in [1.82, 2.24) is 5.32 Å². The van der Waals surface area contributed by atoms with Gasteiger partial charge in [0.15, 0.2) is 0 Å². The van der Waals surface area contributed by atoms with E-state index >= 15 is 0 Å². The lowest BCUT2D eigenvalue weighted by Crippen LogP contribution is -2.27. The van der Waals surface area contributed by atoms with Gasteiger partial charge < -0.3 is 11.1 Å². The van der Waals surface area contributed by atoms with Gasteiger partial charge in [-0.25, -0.2) is 0 Å². The number of carbonyl (C=O) groups excluding carboxylic acids is 1. The molecule has 1 aliphatic carbocycles. The zero-order valence-corrected chi connectivity index (χ0v) is 12.7. The molecule has 0 unspecified atom stereocenters. The van der Waals surface area contributed by atoms with Gasteiger partial charge in [-0.2, -0.15) is 0 Å². The van der Waals surface area contributed by atoms with Gasteiger partial charge in [0.05, 0.1) is 5.56 Å². The van der Waals surface area contributed by atoms with E-state index in [2.05, 4.69) is 21.2 Å². The third kappa shape index (κ3) is 4.23. The summed E-state index contributed by atoms with van der Waals surface area (Å²) in [6, 6.07) is 5.36. The Morgan fingerprint density at radius 1 is 1.32 bits per heavy atom. The smallest absolute Gasteiger partial charge is 0.253 e. The molecule has 1 amide bonds. The molecule has 4 heteroatoms. The van der Waals surface area contributed by atoms with Crippen molar-refractivity contribution in [3.63, 3.8) is 0 Å². The summed E-state index contributed by atoms with van der Waals surface area (Å²) in [7, 11) is 0. The Kier molecular flexibility index (Phi) is 5.25. The van der Waals surface area contributed by atoms with Crippen molar-refractivity contribution in [2.75, 3.05) is 12.3 Å². The molecule has 3 nitrogen and oxygen atoms in total. The Balaban J connectivity index is 1.80. The first-order valence-electron chi connectivity index (χ1n) is 7.00. The van der Waals surface area contributed by atoms with E-state index < -0.39 is 0 Å². The monoisotopic (exact) mass is 324 g/mol. The Bertz CT molecular complexity index is 442. The summed E-state index contributed by atoms with van der Waals surface area (Å²) in [5, 5.41) is 2.97. The average Bonchev–Trinajstić information content (AvgIpc) is 2.39. The first-order valence-corrected chi connectivity index (χ1v) is 7.79. The SMILES string of the molecule is Nc1cc(Br)ccc1C(=O)NCCC1CCCCC1. The van der Waals surface area contributed by atoms with Crippen molar-refractivity contribution in [3.8, 4) is 0 Å². The molecule has 1 aromatic rings. The molecule has 104 valence electrons. The number of nitrogens with one attached hydrogen (secondary N) is 1. The summed E-state index contributed by atoms with van der Waals surface area (Å²) in [6.45, 7) is 0.749. The van der Waals surface area contributed by atoms with Crippen LogP contribution in [0.25, 0.3) is 0 Å². The topological polar surface area (TPSA) is 55.1 Å². The van der Waals surface area contributed by atoms with Crippen LogP contribution in [-0.4, -0.2) is 12.5 Å². The maximum Gasteiger partial charge on any atom is 0.253 e. The number of carbonyl (C=O) groups is 1. The van der Waals surface area contributed by atoms with Crippen LogP contribution in [0, 0.1) is 5.92 Å². The molecule has 3 N–H and O–H groups in total. The number of hydrogen-bond donors (Lipinski definition) is 2. The predicted octanol–water partition coefficient (Wildman–Crippen LogP) is 3.73. The molecule has 0 atom stereocenters. The van der Waals surface area contributed by atoms with E-state index in [-0.39, 0.29) is 5.91 Å². The van der Waals surface area contributed by atoms with Crippen molar-refractivity contribution >= 4 is 27.5 Å². The number of benzene rings is 1. The molecule has 0 radical (unpaired) electrons. The highest BCUT2D eigenvalue weighted by molar-refractivity contribution is 9.10. The van der Waals surface area contributed by atoms with Crippen molar-refractivity contribution in [1.29, 1.82) is 0 Å². The van der Waals surface area contributed by atoms with E-state index in [9.17, 15) is 4.79 Å². The maximum absolute atomic E-state index is 12.0. The zero-order chi connectivity index (χ0) is 13.7. The summed E-state index contributed by atoms with van der Waals surface area (Å²) in [5.41, 5.74) is 6.93. The van der Waals surface area contributed by atoms with Crippen LogP contribution in [0.4, 0.5) is 5.69 Å². The van der Waals surface area contributed by atoms with Crippen molar-refractivity contribution in [2.45, 2.75) is 38.5 Å². The van der Waals surface area contributed by atoms with Crippen molar-refractivity contribution in [2.24, 2.45) is 5.92 Å².